The molecule has 27 heavy (non-hydrogen) atoms. The van der Waals surface area contributed by atoms with Gasteiger partial charge in [0.1, 0.15) is 5.58 Å². The van der Waals surface area contributed by atoms with Crippen LogP contribution in [-0.4, -0.2) is 33.5 Å². The molecule has 0 radical (unpaired) electrons. The normalized spacial score (nSPS) is 14.6. The number of hydrogen-bond donors (Lipinski definition) is 2. The van der Waals surface area contributed by atoms with Crippen LogP contribution in [0.25, 0.3) is 27.9 Å². The van der Waals surface area contributed by atoms with Gasteiger partial charge < -0.3 is 19.5 Å². The summed E-state index contributed by atoms with van der Waals surface area (Å²) in [6.45, 7) is 5.74. The van der Waals surface area contributed by atoms with Gasteiger partial charge in [-0.2, -0.15) is 0 Å². The Labute approximate surface area is 155 Å². The van der Waals surface area contributed by atoms with Crippen molar-refractivity contribution in [3.63, 3.8) is 0 Å². The van der Waals surface area contributed by atoms with Crippen molar-refractivity contribution in [1.29, 1.82) is 0 Å². The average Bonchev–Trinajstić information content (AvgIpc) is 3.01. The Bertz CT molecular complexity index is 1240. The quantitative estimate of drug-likeness (QED) is 0.546. The first-order valence-electron chi connectivity index (χ1n) is 8.95. The molecule has 0 saturated carbocycles. The highest BCUT2D eigenvalue weighted by Crippen LogP contribution is 2.24. The van der Waals surface area contributed by atoms with Crippen LogP contribution in [0, 0.1) is 13.8 Å². The number of fused-ring (bicyclic) bond motifs is 2. The molecule has 7 nitrogen and oxygen atoms in total. The predicted octanol–water partition coefficient (Wildman–Crippen LogP) is 2.50. The minimum absolute atomic E-state index is 0.393. The molecule has 5 rings (SSSR count). The molecule has 0 bridgehead atoms. The molecule has 0 spiro atoms. The Kier molecular flexibility index (Phi) is 3.51. The van der Waals surface area contributed by atoms with Crippen molar-refractivity contribution in [2.24, 2.45) is 0 Å². The fourth-order valence-corrected chi connectivity index (χ4v) is 3.44. The molecule has 0 unspecified atom stereocenters. The predicted molar refractivity (Wildman–Crippen MR) is 104 cm³/mol. The lowest BCUT2D eigenvalue weighted by Gasteiger charge is -2.28. The Morgan fingerprint density at radius 2 is 2.04 bits per heavy atom. The zero-order valence-electron chi connectivity index (χ0n) is 15.1. The lowest BCUT2D eigenvalue weighted by atomic mass is 10.1. The van der Waals surface area contributed by atoms with E-state index in [9.17, 15) is 4.79 Å². The molecule has 4 heterocycles. The molecule has 1 saturated heterocycles. The molecule has 7 heteroatoms. The number of hydrogen-bond acceptors (Lipinski definition) is 6. The van der Waals surface area contributed by atoms with Crippen molar-refractivity contribution in [3.05, 3.63) is 58.5 Å². The minimum atomic E-state index is -0.393. The second-order valence-corrected chi connectivity index (χ2v) is 7.02. The highest BCUT2D eigenvalue weighted by Gasteiger charge is 2.17. The van der Waals surface area contributed by atoms with E-state index in [-0.39, 0.29) is 0 Å². The summed E-state index contributed by atoms with van der Waals surface area (Å²) in [5.41, 5.74) is 4.63. The first kappa shape index (κ1) is 16.0. The van der Waals surface area contributed by atoms with Crippen LogP contribution in [0.1, 0.15) is 11.4 Å². The summed E-state index contributed by atoms with van der Waals surface area (Å²) in [7, 11) is 0. The van der Waals surface area contributed by atoms with Gasteiger partial charge in [-0.05, 0) is 32.0 Å². The smallest absolute Gasteiger partial charge is 0.345 e. The SMILES string of the molecule is Cc1cn2cc(-c3cc4ccc(NC5CNC5)cc4oc3=O)nc2c(C)n1. The largest absolute Gasteiger partial charge is 0.422 e. The Balaban J connectivity index is 1.59. The first-order valence-corrected chi connectivity index (χ1v) is 8.95. The van der Waals surface area contributed by atoms with Crippen LogP contribution < -0.4 is 16.3 Å². The molecule has 0 atom stereocenters. The number of aromatic nitrogens is 3. The minimum Gasteiger partial charge on any atom is -0.422 e. The van der Waals surface area contributed by atoms with Gasteiger partial charge in [-0.1, -0.05) is 0 Å². The van der Waals surface area contributed by atoms with E-state index in [0.29, 0.717) is 22.9 Å². The van der Waals surface area contributed by atoms with E-state index in [2.05, 4.69) is 20.6 Å². The van der Waals surface area contributed by atoms with Gasteiger partial charge >= 0.3 is 5.63 Å². The maximum atomic E-state index is 12.6. The highest BCUT2D eigenvalue weighted by molar-refractivity contribution is 5.84. The fourth-order valence-electron chi connectivity index (χ4n) is 3.44. The van der Waals surface area contributed by atoms with Gasteiger partial charge in [0.15, 0.2) is 5.65 Å². The number of benzene rings is 1. The molecular formula is C20H19N5O2. The molecule has 1 fully saturated rings. The number of rotatable bonds is 3. The Morgan fingerprint density at radius 3 is 2.81 bits per heavy atom. The molecule has 0 aliphatic carbocycles. The van der Waals surface area contributed by atoms with Crippen LogP contribution in [0.2, 0.25) is 0 Å². The first-order chi connectivity index (χ1) is 13.1. The van der Waals surface area contributed by atoms with Crippen molar-refractivity contribution < 1.29 is 4.42 Å². The van der Waals surface area contributed by atoms with E-state index in [1.165, 1.54) is 0 Å². The van der Waals surface area contributed by atoms with Gasteiger partial charge in [0.25, 0.3) is 0 Å². The summed E-state index contributed by atoms with van der Waals surface area (Å²) < 4.78 is 7.49. The van der Waals surface area contributed by atoms with Crippen molar-refractivity contribution in [3.8, 4) is 11.3 Å². The number of nitrogens with zero attached hydrogens (tertiary/aromatic N) is 3. The standard InChI is InChI=1S/C20H19N5O2/c1-11-9-25-10-17(24-19(25)12(2)22-11)16-5-13-3-4-14(23-15-7-21-8-15)6-18(13)27-20(16)26/h3-6,9-10,15,21,23H,7-8H2,1-2H3. The molecule has 0 amide bonds. The van der Waals surface area contributed by atoms with Crippen LogP contribution in [0.15, 0.2) is 45.9 Å². The fraction of sp³-hybridized carbons (Fsp3) is 0.250. The average molecular weight is 361 g/mol. The highest BCUT2D eigenvalue weighted by atomic mass is 16.4. The monoisotopic (exact) mass is 361 g/mol. The Hall–Kier alpha value is -3.19. The van der Waals surface area contributed by atoms with Gasteiger partial charge in [0.05, 0.1) is 28.7 Å². The van der Waals surface area contributed by atoms with Crippen molar-refractivity contribution >= 4 is 22.3 Å². The number of imidazole rings is 1. The number of aryl methyl sites for hydroxylation is 2. The second-order valence-electron chi connectivity index (χ2n) is 7.02. The van der Waals surface area contributed by atoms with E-state index in [0.717, 1.165) is 41.2 Å². The van der Waals surface area contributed by atoms with Crippen LogP contribution >= 0.6 is 0 Å². The van der Waals surface area contributed by atoms with Gasteiger partial charge in [0.2, 0.25) is 0 Å². The van der Waals surface area contributed by atoms with Gasteiger partial charge in [0, 0.05) is 42.6 Å². The zero-order chi connectivity index (χ0) is 18.5. The summed E-state index contributed by atoms with van der Waals surface area (Å²) in [6, 6.07) is 8.11. The molecule has 1 aliphatic heterocycles. The molecule has 136 valence electrons. The van der Waals surface area contributed by atoms with Crippen LogP contribution in [0.4, 0.5) is 5.69 Å². The van der Waals surface area contributed by atoms with Gasteiger partial charge in [-0.3, -0.25) is 4.98 Å². The summed E-state index contributed by atoms with van der Waals surface area (Å²) in [5, 5.41) is 7.51. The van der Waals surface area contributed by atoms with E-state index < -0.39 is 5.63 Å². The van der Waals surface area contributed by atoms with E-state index in [4.69, 9.17) is 4.42 Å². The van der Waals surface area contributed by atoms with Crippen LogP contribution in [-0.2, 0) is 0 Å². The second kappa shape index (κ2) is 5.92. The topological polar surface area (TPSA) is 84.5 Å². The van der Waals surface area contributed by atoms with Crippen LogP contribution in [0.5, 0.6) is 0 Å². The summed E-state index contributed by atoms with van der Waals surface area (Å²) in [5.74, 6) is 0. The lowest BCUT2D eigenvalue weighted by molar-refractivity contribution is 0.472. The third kappa shape index (κ3) is 2.76. The maximum absolute atomic E-state index is 12.6. The van der Waals surface area contributed by atoms with E-state index in [1.807, 2.05) is 54.9 Å². The summed E-state index contributed by atoms with van der Waals surface area (Å²) in [4.78, 5) is 21.6. The molecule has 2 N–H and O–H groups in total. The Morgan fingerprint density at radius 1 is 1.19 bits per heavy atom. The molecule has 1 aliphatic rings. The van der Waals surface area contributed by atoms with Crippen molar-refractivity contribution in [2.45, 2.75) is 19.9 Å². The molecule has 1 aromatic carbocycles. The zero-order valence-corrected chi connectivity index (χ0v) is 15.1. The number of anilines is 1. The maximum Gasteiger partial charge on any atom is 0.345 e. The van der Waals surface area contributed by atoms with E-state index >= 15 is 0 Å². The number of nitrogens with one attached hydrogen (secondary N) is 2. The van der Waals surface area contributed by atoms with E-state index in [1.54, 1.807) is 0 Å². The molecular weight excluding hydrogens is 342 g/mol. The van der Waals surface area contributed by atoms with Crippen molar-refractivity contribution in [2.75, 3.05) is 18.4 Å². The van der Waals surface area contributed by atoms with Gasteiger partial charge in [-0.25, -0.2) is 9.78 Å². The molecule has 4 aromatic rings. The van der Waals surface area contributed by atoms with Crippen molar-refractivity contribution in [1.82, 2.24) is 19.7 Å². The van der Waals surface area contributed by atoms with Gasteiger partial charge in [-0.15, -0.1) is 0 Å². The summed E-state index contributed by atoms with van der Waals surface area (Å²) in [6.07, 6.45) is 3.74. The van der Waals surface area contributed by atoms with Crippen LogP contribution in [0.3, 0.4) is 0 Å². The third-order valence-electron chi connectivity index (χ3n) is 4.89. The molecule has 3 aromatic heterocycles. The summed E-state index contributed by atoms with van der Waals surface area (Å²) >= 11 is 0. The third-order valence-corrected chi connectivity index (χ3v) is 4.89. The lowest BCUT2D eigenvalue weighted by Crippen LogP contribution is -2.51.